The third-order valence-electron chi connectivity index (χ3n) is 2.90. The summed E-state index contributed by atoms with van der Waals surface area (Å²) < 4.78 is 2.19. The third-order valence-corrected chi connectivity index (χ3v) is 2.90. The molecule has 0 aromatic carbocycles. The summed E-state index contributed by atoms with van der Waals surface area (Å²) in [5.41, 5.74) is 5.60. The number of nitrogens with one attached hydrogen (secondary N) is 1. The van der Waals surface area contributed by atoms with Crippen LogP contribution in [0.15, 0.2) is 12.4 Å². The fourth-order valence-electron chi connectivity index (χ4n) is 2.04. The van der Waals surface area contributed by atoms with Gasteiger partial charge in [-0.2, -0.15) is 0 Å². The Labute approximate surface area is 84.5 Å². The lowest BCUT2D eigenvalue weighted by molar-refractivity contribution is 0.329. The van der Waals surface area contributed by atoms with Crippen molar-refractivity contribution in [1.29, 1.82) is 0 Å². The highest BCUT2D eigenvalue weighted by atomic mass is 15.1. The van der Waals surface area contributed by atoms with Gasteiger partial charge in [-0.1, -0.05) is 0 Å². The number of hydrogen-bond donors (Lipinski definition) is 2. The first-order valence-electron chi connectivity index (χ1n) is 5.31. The Bertz CT molecular complexity index is 275. The lowest BCUT2D eigenvalue weighted by Gasteiger charge is -2.23. The van der Waals surface area contributed by atoms with Gasteiger partial charge in [0.15, 0.2) is 0 Å². The van der Waals surface area contributed by atoms with E-state index in [1.807, 2.05) is 12.4 Å². The molecule has 2 heterocycles. The Hall–Kier alpha value is -0.870. The van der Waals surface area contributed by atoms with Crippen LogP contribution in [0.5, 0.6) is 0 Å². The maximum absolute atomic E-state index is 5.60. The van der Waals surface area contributed by atoms with Crippen molar-refractivity contribution in [2.45, 2.75) is 25.9 Å². The van der Waals surface area contributed by atoms with Crippen molar-refractivity contribution in [3.8, 4) is 0 Å². The number of rotatable bonds is 3. The van der Waals surface area contributed by atoms with E-state index in [4.69, 9.17) is 5.73 Å². The van der Waals surface area contributed by atoms with Crippen LogP contribution in [0.4, 0.5) is 0 Å². The van der Waals surface area contributed by atoms with E-state index in [0.29, 0.717) is 6.54 Å². The van der Waals surface area contributed by atoms with Gasteiger partial charge in [0.2, 0.25) is 0 Å². The lowest BCUT2D eigenvalue weighted by Crippen LogP contribution is -2.30. The van der Waals surface area contributed by atoms with Gasteiger partial charge >= 0.3 is 0 Å². The quantitative estimate of drug-likeness (QED) is 0.729. The number of hydrogen-bond acceptors (Lipinski definition) is 3. The molecule has 3 N–H and O–H groups in total. The molecule has 0 atom stereocenters. The highest BCUT2D eigenvalue weighted by Gasteiger charge is 2.14. The Morgan fingerprint density at radius 2 is 2.29 bits per heavy atom. The maximum atomic E-state index is 5.60. The first-order chi connectivity index (χ1) is 6.90. The Morgan fingerprint density at radius 3 is 3.00 bits per heavy atom. The topological polar surface area (TPSA) is 55.9 Å². The maximum Gasteiger partial charge on any atom is 0.122 e. The van der Waals surface area contributed by atoms with Crippen LogP contribution in [0.25, 0.3) is 0 Å². The molecule has 1 aliphatic heterocycles. The van der Waals surface area contributed by atoms with E-state index in [-0.39, 0.29) is 0 Å². The molecular formula is C10H18N4. The van der Waals surface area contributed by atoms with E-state index in [0.717, 1.165) is 31.4 Å². The van der Waals surface area contributed by atoms with E-state index in [1.165, 1.54) is 12.8 Å². The Morgan fingerprint density at radius 1 is 1.50 bits per heavy atom. The summed E-state index contributed by atoms with van der Waals surface area (Å²) in [6.45, 7) is 3.92. The summed E-state index contributed by atoms with van der Waals surface area (Å²) in [5, 5.41) is 3.37. The summed E-state index contributed by atoms with van der Waals surface area (Å²) in [6.07, 6.45) is 6.40. The number of imidazole rings is 1. The third kappa shape index (κ3) is 2.13. The van der Waals surface area contributed by atoms with Crippen LogP contribution in [0.1, 0.15) is 18.7 Å². The van der Waals surface area contributed by atoms with E-state index in [1.54, 1.807) is 0 Å². The van der Waals surface area contributed by atoms with Gasteiger partial charge in [-0.05, 0) is 31.8 Å². The molecule has 4 heteroatoms. The van der Waals surface area contributed by atoms with Crippen molar-refractivity contribution >= 4 is 0 Å². The average molecular weight is 194 g/mol. The summed E-state index contributed by atoms with van der Waals surface area (Å²) in [6, 6.07) is 0. The molecule has 2 rings (SSSR count). The molecule has 78 valence electrons. The molecular weight excluding hydrogens is 176 g/mol. The summed E-state index contributed by atoms with van der Waals surface area (Å²) in [4.78, 5) is 4.22. The number of nitrogens with zero attached hydrogens (tertiary/aromatic N) is 2. The smallest absolute Gasteiger partial charge is 0.122 e. The predicted molar refractivity (Wildman–Crippen MR) is 55.7 cm³/mol. The lowest BCUT2D eigenvalue weighted by atomic mass is 9.98. The van der Waals surface area contributed by atoms with Crippen LogP contribution in [-0.2, 0) is 13.1 Å². The molecule has 1 aliphatic rings. The summed E-state index contributed by atoms with van der Waals surface area (Å²) in [5.74, 6) is 1.79. The summed E-state index contributed by atoms with van der Waals surface area (Å²) >= 11 is 0. The van der Waals surface area contributed by atoms with Crippen LogP contribution in [0.3, 0.4) is 0 Å². The van der Waals surface area contributed by atoms with E-state index < -0.39 is 0 Å². The molecule has 14 heavy (non-hydrogen) atoms. The van der Waals surface area contributed by atoms with E-state index in [2.05, 4.69) is 14.9 Å². The molecule has 1 fully saturated rings. The van der Waals surface area contributed by atoms with E-state index in [9.17, 15) is 0 Å². The summed E-state index contributed by atoms with van der Waals surface area (Å²) in [7, 11) is 0. The molecule has 0 unspecified atom stereocenters. The fraction of sp³-hybridized carbons (Fsp3) is 0.700. The SMILES string of the molecule is NCc1nccn1CC1CCNCC1. The van der Waals surface area contributed by atoms with Crippen LogP contribution < -0.4 is 11.1 Å². The van der Waals surface area contributed by atoms with Gasteiger partial charge in [-0.3, -0.25) is 0 Å². The van der Waals surface area contributed by atoms with Crippen LogP contribution >= 0.6 is 0 Å². The second-order valence-electron chi connectivity index (χ2n) is 3.89. The zero-order valence-corrected chi connectivity index (χ0v) is 8.45. The second-order valence-corrected chi connectivity index (χ2v) is 3.89. The molecule has 0 aliphatic carbocycles. The number of nitrogens with two attached hydrogens (primary N) is 1. The van der Waals surface area contributed by atoms with Crippen LogP contribution in [0, 0.1) is 5.92 Å². The van der Waals surface area contributed by atoms with Crippen LogP contribution in [0.2, 0.25) is 0 Å². The molecule has 0 bridgehead atoms. The molecule has 0 radical (unpaired) electrons. The zero-order valence-electron chi connectivity index (χ0n) is 8.45. The number of aromatic nitrogens is 2. The van der Waals surface area contributed by atoms with Gasteiger partial charge in [0.1, 0.15) is 5.82 Å². The van der Waals surface area contributed by atoms with Gasteiger partial charge < -0.3 is 15.6 Å². The second kappa shape index (κ2) is 4.57. The molecule has 1 saturated heterocycles. The van der Waals surface area contributed by atoms with Crippen molar-refractivity contribution in [2.24, 2.45) is 11.7 Å². The van der Waals surface area contributed by atoms with Gasteiger partial charge in [-0.25, -0.2) is 4.98 Å². The Kier molecular flexibility index (Phi) is 3.16. The van der Waals surface area contributed by atoms with Crippen molar-refractivity contribution < 1.29 is 0 Å². The highest BCUT2D eigenvalue weighted by Crippen LogP contribution is 2.14. The molecule has 4 nitrogen and oxygen atoms in total. The molecule has 0 amide bonds. The van der Waals surface area contributed by atoms with Crippen molar-refractivity contribution in [1.82, 2.24) is 14.9 Å². The highest BCUT2D eigenvalue weighted by molar-refractivity contribution is 4.92. The standard InChI is InChI=1S/C10H18N4/c11-7-10-13-5-6-14(10)8-9-1-3-12-4-2-9/h5-6,9,12H,1-4,7-8,11H2. The van der Waals surface area contributed by atoms with E-state index >= 15 is 0 Å². The van der Waals surface area contributed by atoms with Gasteiger partial charge in [-0.15, -0.1) is 0 Å². The molecule has 0 saturated carbocycles. The predicted octanol–water partition coefficient (Wildman–Crippen LogP) is 0.341. The van der Waals surface area contributed by atoms with Crippen molar-refractivity contribution in [3.05, 3.63) is 18.2 Å². The van der Waals surface area contributed by atoms with Crippen LogP contribution in [-0.4, -0.2) is 22.6 Å². The van der Waals surface area contributed by atoms with Crippen molar-refractivity contribution in [3.63, 3.8) is 0 Å². The van der Waals surface area contributed by atoms with Gasteiger partial charge in [0.25, 0.3) is 0 Å². The van der Waals surface area contributed by atoms with Gasteiger partial charge in [0, 0.05) is 18.9 Å². The average Bonchev–Trinajstić information content (AvgIpc) is 2.67. The fourth-order valence-corrected chi connectivity index (χ4v) is 2.04. The molecule has 0 spiro atoms. The zero-order chi connectivity index (χ0) is 9.80. The monoisotopic (exact) mass is 194 g/mol. The number of piperidine rings is 1. The normalized spacial score (nSPS) is 18.6. The Balaban J connectivity index is 1.95. The first-order valence-corrected chi connectivity index (χ1v) is 5.31. The molecule has 1 aromatic heterocycles. The van der Waals surface area contributed by atoms with Gasteiger partial charge in [0.05, 0.1) is 6.54 Å². The first kappa shape index (κ1) is 9.68. The largest absolute Gasteiger partial charge is 0.334 e. The molecule has 1 aromatic rings. The minimum Gasteiger partial charge on any atom is -0.334 e. The minimum absolute atomic E-state index is 0.540. The van der Waals surface area contributed by atoms with Crippen molar-refractivity contribution in [2.75, 3.05) is 13.1 Å². The minimum atomic E-state index is 0.540.